The second kappa shape index (κ2) is 7.31. The van der Waals surface area contributed by atoms with Crippen molar-refractivity contribution < 1.29 is 0 Å². The highest BCUT2D eigenvalue weighted by atomic mass is 35.5. The fraction of sp³-hybridized carbons (Fsp3) is 0.692. The van der Waals surface area contributed by atoms with Crippen molar-refractivity contribution in [2.24, 2.45) is 5.92 Å². The number of hydrogen-bond donors (Lipinski definition) is 1. The van der Waals surface area contributed by atoms with E-state index in [2.05, 4.69) is 32.2 Å². The average Bonchev–Trinajstić information content (AvgIpc) is 2.52. The summed E-state index contributed by atoms with van der Waals surface area (Å²) >= 11 is 7.76. The van der Waals surface area contributed by atoms with Crippen LogP contribution in [0.25, 0.3) is 0 Å². The highest BCUT2D eigenvalue weighted by Gasteiger charge is 2.02. The molecule has 0 radical (unpaired) electrons. The van der Waals surface area contributed by atoms with E-state index in [0.717, 1.165) is 23.3 Å². The van der Waals surface area contributed by atoms with Gasteiger partial charge in [-0.15, -0.1) is 11.3 Å². The Morgan fingerprint density at radius 1 is 1.38 bits per heavy atom. The largest absolute Gasteiger partial charge is 0.316 e. The van der Waals surface area contributed by atoms with Gasteiger partial charge in [-0.2, -0.15) is 0 Å². The molecular weight excluding hydrogens is 238 g/mol. The summed E-state index contributed by atoms with van der Waals surface area (Å²) in [5.74, 6) is 0.749. The summed E-state index contributed by atoms with van der Waals surface area (Å²) < 4.78 is 0.952. The fourth-order valence-electron chi connectivity index (χ4n) is 1.59. The minimum absolute atomic E-state index is 0.749. The van der Waals surface area contributed by atoms with E-state index in [1.54, 1.807) is 11.3 Å². The minimum atomic E-state index is 0.749. The van der Waals surface area contributed by atoms with Gasteiger partial charge >= 0.3 is 0 Å². The lowest BCUT2D eigenvalue weighted by molar-refractivity contribution is 0.536. The number of thiophene rings is 1. The van der Waals surface area contributed by atoms with Crippen LogP contribution < -0.4 is 5.32 Å². The maximum atomic E-state index is 6.03. The minimum Gasteiger partial charge on any atom is -0.316 e. The van der Waals surface area contributed by atoms with Crippen LogP contribution in [0, 0.1) is 12.8 Å². The number of hydrogen-bond acceptors (Lipinski definition) is 2. The van der Waals surface area contributed by atoms with E-state index >= 15 is 0 Å². The molecule has 0 amide bonds. The molecule has 3 heteroatoms. The molecule has 16 heavy (non-hydrogen) atoms. The van der Waals surface area contributed by atoms with E-state index in [1.165, 1.54) is 29.7 Å². The number of unbranched alkanes of at least 4 members (excludes halogenated alkanes) is 1. The van der Waals surface area contributed by atoms with Gasteiger partial charge in [0.2, 0.25) is 0 Å². The Labute approximate surface area is 108 Å². The Balaban J connectivity index is 2.07. The fourth-order valence-corrected chi connectivity index (χ4v) is 2.87. The molecule has 1 heterocycles. The van der Waals surface area contributed by atoms with Crippen molar-refractivity contribution in [2.45, 2.75) is 40.0 Å². The zero-order valence-corrected chi connectivity index (χ0v) is 12.0. The van der Waals surface area contributed by atoms with Gasteiger partial charge in [0.1, 0.15) is 0 Å². The first-order valence-corrected chi connectivity index (χ1v) is 7.24. The van der Waals surface area contributed by atoms with Gasteiger partial charge in [0, 0.05) is 4.88 Å². The van der Waals surface area contributed by atoms with Crippen LogP contribution in [0.1, 0.15) is 37.1 Å². The smallest absolute Gasteiger partial charge is 0.0960 e. The third kappa shape index (κ3) is 5.33. The molecule has 0 fully saturated rings. The molecule has 0 aliphatic heterocycles. The zero-order chi connectivity index (χ0) is 12.0. The van der Waals surface area contributed by atoms with Crippen LogP contribution in [0.2, 0.25) is 4.34 Å². The summed E-state index contributed by atoms with van der Waals surface area (Å²) in [4.78, 5) is 1.42. The summed E-state index contributed by atoms with van der Waals surface area (Å²) in [7, 11) is 0. The molecule has 0 bridgehead atoms. The number of aryl methyl sites for hydroxylation is 2. The summed E-state index contributed by atoms with van der Waals surface area (Å²) in [6.07, 6.45) is 3.67. The first-order valence-electron chi connectivity index (χ1n) is 6.05. The van der Waals surface area contributed by atoms with Crippen molar-refractivity contribution in [2.75, 3.05) is 13.1 Å². The van der Waals surface area contributed by atoms with Crippen LogP contribution >= 0.6 is 22.9 Å². The number of rotatable bonds is 7. The lowest BCUT2D eigenvalue weighted by Gasteiger charge is -2.06. The predicted octanol–water partition coefficient (Wildman–Crippen LogP) is 4.28. The van der Waals surface area contributed by atoms with Crippen molar-refractivity contribution in [3.05, 3.63) is 20.8 Å². The van der Waals surface area contributed by atoms with Crippen molar-refractivity contribution in [3.8, 4) is 0 Å². The van der Waals surface area contributed by atoms with Gasteiger partial charge in [0.15, 0.2) is 0 Å². The molecule has 0 spiro atoms. The summed E-state index contributed by atoms with van der Waals surface area (Å²) in [6.45, 7) is 8.82. The molecule has 0 aromatic carbocycles. The van der Waals surface area contributed by atoms with Gasteiger partial charge in [-0.25, -0.2) is 0 Å². The molecule has 0 aliphatic carbocycles. The van der Waals surface area contributed by atoms with Crippen molar-refractivity contribution in [1.82, 2.24) is 5.32 Å². The quantitative estimate of drug-likeness (QED) is 0.721. The van der Waals surface area contributed by atoms with E-state index in [9.17, 15) is 0 Å². The standard InChI is InChI=1S/C13H22ClNS/c1-10(2)9-15-7-5-4-6-12-8-11(3)13(14)16-12/h8,10,15H,4-7,9H2,1-3H3. The van der Waals surface area contributed by atoms with Crippen molar-refractivity contribution in [1.29, 1.82) is 0 Å². The van der Waals surface area contributed by atoms with Gasteiger partial charge in [0.05, 0.1) is 4.34 Å². The Hall–Kier alpha value is -0.0500. The Kier molecular flexibility index (Phi) is 6.40. The molecule has 92 valence electrons. The Bertz CT molecular complexity index is 287. The number of nitrogens with one attached hydrogen (secondary N) is 1. The number of halogens is 1. The van der Waals surface area contributed by atoms with Gasteiger partial charge in [-0.1, -0.05) is 25.4 Å². The monoisotopic (exact) mass is 259 g/mol. The molecule has 1 rings (SSSR count). The van der Waals surface area contributed by atoms with Crippen molar-refractivity contribution in [3.63, 3.8) is 0 Å². The van der Waals surface area contributed by atoms with Gasteiger partial charge in [0.25, 0.3) is 0 Å². The van der Waals surface area contributed by atoms with Crippen LogP contribution in [-0.2, 0) is 6.42 Å². The molecule has 1 nitrogen and oxygen atoms in total. The Morgan fingerprint density at radius 3 is 2.69 bits per heavy atom. The third-order valence-corrected chi connectivity index (χ3v) is 4.10. The molecular formula is C13H22ClNS. The second-order valence-electron chi connectivity index (χ2n) is 4.72. The predicted molar refractivity (Wildman–Crippen MR) is 74.7 cm³/mol. The molecule has 0 unspecified atom stereocenters. The topological polar surface area (TPSA) is 12.0 Å². The third-order valence-electron chi connectivity index (χ3n) is 2.49. The highest BCUT2D eigenvalue weighted by molar-refractivity contribution is 7.16. The summed E-state index contributed by atoms with van der Waals surface area (Å²) in [6, 6.07) is 2.22. The first kappa shape index (κ1) is 14.0. The molecule has 1 aromatic rings. The molecule has 1 aromatic heterocycles. The van der Waals surface area contributed by atoms with Gasteiger partial charge in [-0.3, -0.25) is 0 Å². The van der Waals surface area contributed by atoms with E-state index in [1.807, 2.05) is 0 Å². The lowest BCUT2D eigenvalue weighted by Crippen LogP contribution is -2.20. The first-order chi connectivity index (χ1) is 7.59. The molecule has 0 atom stereocenters. The van der Waals surface area contributed by atoms with E-state index in [4.69, 9.17) is 11.6 Å². The van der Waals surface area contributed by atoms with Gasteiger partial charge in [-0.05, 0) is 56.8 Å². The maximum absolute atomic E-state index is 6.03. The SMILES string of the molecule is Cc1cc(CCCCNCC(C)C)sc1Cl. The molecule has 0 saturated heterocycles. The lowest BCUT2D eigenvalue weighted by atomic mass is 10.2. The van der Waals surface area contributed by atoms with Crippen LogP contribution in [0.4, 0.5) is 0 Å². The van der Waals surface area contributed by atoms with Crippen LogP contribution in [-0.4, -0.2) is 13.1 Å². The van der Waals surface area contributed by atoms with Crippen LogP contribution in [0.3, 0.4) is 0 Å². The molecule has 0 aliphatic rings. The van der Waals surface area contributed by atoms with E-state index in [-0.39, 0.29) is 0 Å². The average molecular weight is 260 g/mol. The maximum Gasteiger partial charge on any atom is 0.0960 e. The van der Waals surface area contributed by atoms with E-state index in [0.29, 0.717) is 0 Å². The highest BCUT2D eigenvalue weighted by Crippen LogP contribution is 2.27. The van der Waals surface area contributed by atoms with Crippen molar-refractivity contribution >= 4 is 22.9 Å². The molecule has 1 N–H and O–H groups in total. The summed E-state index contributed by atoms with van der Waals surface area (Å²) in [5, 5.41) is 3.47. The second-order valence-corrected chi connectivity index (χ2v) is 6.46. The zero-order valence-electron chi connectivity index (χ0n) is 10.5. The van der Waals surface area contributed by atoms with E-state index < -0.39 is 0 Å². The summed E-state index contributed by atoms with van der Waals surface area (Å²) in [5.41, 5.74) is 1.22. The van der Waals surface area contributed by atoms with Gasteiger partial charge < -0.3 is 5.32 Å². The Morgan fingerprint density at radius 2 is 2.12 bits per heavy atom. The van der Waals surface area contributed by atoms with Crippen LogP contribution in [0.15, 0.2) is 6.07 Å². The normalized spacial score (nSPS) is 11.3. The van der Waals surface area contributed by atoms with Crippen LogP contribution in [0.5, 0.6) is 0 Å². The molecule has 0 saturated carbocycles.